The van der Waals surface area contributed by atoms with Gasteiger partial charge in [-0.3, -0.25) is 4.79 Å². The molecular formula is C18H17NO3S. The van der Waals surface area contributed by atoms with Crippen LogP contribution in [0, 0.1) is 6.92 Å². The van der Waals surface area contributed by atoms with Gasteiger partial charge in [0.15, 0.2) is 9.84 Å². The van der Waals surface area contributed by atoms with Gasteiger partial charge >= 0.3 is 0 Å². The molecule has 0 aromatic heterocycles. The molecular weight excluding hydrogens is 310 g/mol. The molecule has 0 bridgehead atoms. The van der Waals surface area contributed by atoms with Gasteiger partial charge in [0.2, 0.25) is 0 Å². The molecule has 23 heavy (non-hydrogen) atoms. The summed E-state index contributed by atoms with van der Waals surface area (Å²) in [5.41, 5.74) is 3.70. The Morgan fingerprint density at radius 2 is 1.87 bits per heavy atom. The van der Waals surface area contributed by atoms with Crippen molar-refractivity contribution in [2.24, 2.45) is 0 Å². The number of carbonyl (C=O) groups excluding carboxylic acids is 1. The maximum Gasteiger partial charge on any atom is 0.251 e. The normalized spacial score (nSPS) is 18.7. The summed E-state index contributed by atoms with van der Waals surface area (Å²) in [6.45, 7) is 1.96. The van der Waals surface area contributed by atoms with Crippen LogP contribution in [0.5, 0.6) is 0 Å². The minimum Gasteiger partial charge on any atom is -0.345 e. The van der Waals surface area contributed by atoms with Crippen LogP contribution < -0.4 is 5.32 Å². The molecule has 1 aliphatic heterocycles. The molecule has 1 unspecified atom stereocenters. The molecule has 3 rings (SSSR count). The number of hydrogen-bond acceptors (Lipinski definition) is 3. The van der Waals surface area contributed by atoms with Crippen LogP contribution in [0.15, 0.2) is 60.0 Å². The number of amides is 1. The first-order chi connectivity index (χ1) is 10.9. The van der Waals surface area contributed by atoms with Gasteiger partial charge in [-0.05, 0) is 41.8 Å². The molecule has 2 aromatic rings. The van der Waals surface area contributed by atoms with Gasteiger partial charge in [-0.1, -0.05) is 36.4 Å². The van der Waals surface area contributed by atoms with E-state index < -0.39 is 15.9 Å². The monoisotopic (exact) mass is 327 g/mol. The maximum atomic E-state index is 12.3. The highest BCUT2D eigenvalue weighted by Crippen LogP contribution is 2.24. The van der Waals surface area contributed by atoms with Crippen LogP contribution in [0.2, 0.25) is 0 Å². The van der Waals surface area contributed by atoms with Crippen LogP contribution in [0.25, 0.3) is 11.1 Å². The van der Waals surface area contributed by atoms with E-state index in [9.17, 15) is 13.2 Å². The SMILES string of the molecule is Cc1cc(C(=O)NC2C=CS(=O)(=O)C2)ccc1-c1ccccc1. The fourth-order valence-electron chi connectivity index (χ4n) is 2.66. The van der Waals surface area contributed by atoms with Crippen molar-refractivity contribution >= 4 is 15.7 Å². The Hall–Kier alpha value is -2.40. The third kappa shape index (κ3) is 3.51. The van der Waals surface area contributed by atoms with Crippen molar-refractivity contribution in [1.29, 1.82) is 0 Å². The molecule has 0 saturated heterocycles. The van der Waals surface area contributed by atoms with Crippen LogP contribution in [0.3, 0.4) is 0 Å². The average molecular weight is 327 g/mol. The fraction of sp³-hybridized carbons (Fsp3) is 0.167. The van der Waals surface area contributed by atoms with Crippen LogP contribution in [0.1, 0.15) is 15.9 Å². The van der Waals surface area contributed by atoms with E-state index in [0.717, 1.165) is 22.1 Å². The molecule has 1 aliphatic rings. The lowest BCUT2D eigenvalue weighted by Gasteiger charge is -2.12. The summed E-state index contributed by atoms with van der Waals surface area (Å²) in [5, 5.41) is 3.89. The highest BCUT2D eigenvalue weighted by atomic mass is 32.2. The van der Waals surface area contributed by atoms with Gasteiger partial charge in [0.25, 0.3) is 5.91 Å². The Labute approximate surface area is 135 Å². The summed E-state index contributed by atoms with van der Waals surface area (Å²) >= 11 is 0. The summed E-state index contributed by atoms with van der Waals surface area (Å²) in [4.78, 5) is 12.3. The van der Waals surface area contributed by atoms with Crippen LogP contribution >= 0.6 is 0 Å². The first kappa shape index (κ1) is 15.5. The fourth-order valence-corrected chi connectivity index (χ4v) is 3.90. The highest BCUT2D eigenvalue weighted by molar-refractivity contribution is 7.94. The third-order valence-corrected chi connectivity index (χ3v) is 5.22. The Kier molecular flexibility index (Phi) is 4.05. The van der Waals surface area contributed by atoms with E-state index in [1.54, 1.807) is 6.07 Å². The second-order valence-electron chi connectivity index (χ2n) is 5.63. The van der Waals surface area contributed by atoms with Crippen LogP contribution in [0.4, 0.5) is 0 Å². The third-order valence-electron chi connectivity index (χ3n) is 3.82. The number of sulfone groups is 1. The first-order valence-corrected chi connectivity index (χ1v) is 9.04. The van der Waals surface area contributed by atoms with E-state index in [1.165, 1.54) is 6.08 Å². The van der Waals surface area contributed by atoms with Crippen molar-refractivity contribution in [3.05, 3.63) is 71.1 Å². The molecule has 1 heterocycles. The topological polar surface area (TPSA) is 63.2 Å². The van der Waals surface area contributed by atoms with Crippen molar-refractivity contribution in [3.63, 3.8) is 0 Å². The molecule has 4 nitrogen and oxygen atoms in total. The lowest BCUT2D eigenvalue weighted by molar-refractivity contribution is 0.0947. The molecule has 0 saturated carbocycles. The molecule has 1 atom stereocenters. The Bertz CT molecular complexity index is 870. The first-order valence-electron chi connectivity index (χ1n) is 7.32. The minimum absolute atomic E-state index is 0.0696. The van der Waals surface area contributed by atoms with Crippen molar-refractivity contribution in [3.8, 4) is 11.1 Å². The predicted octanol–water partition coefficient (Wildman–Crippen LogP) is 2.70. The van der Waals surface area contributed by atoms with Crippen molar-refractivity contribution in [2.45, 2.75) is 13.0 Å². The lowest BCUT2D eigenvalue weighted by Crippen LogP contribution is -2.35. The molecule has 0 radical (unpaired) electrons. The summed E-state index contributed by atoms with van der Waals surface area (Å²) in [6, 6.07) is 15.0. The molecule has 5 heteroatoms. The summed E-state index contributed by atoms with van der Waals surface area (Å²) in [6.07, 6.45) is 1.51. The Morgan fingerprint density at radius 1 is 1.13 bits per heavy atom. The van der Waals surface area contributed by atoms with Crippen LogP contribution in [-0.4, -0.2) is 26.1 Å². The van der Waals surface area contributed by atoms with Gasteiger partial charge in [0, 0.05) is 11.0 Å². The van der Waals surface area contributed by atoms with E-state index in [2.05, 4.69) is 5.32 Å². The van der Waals surface area contributed by atoms with E-state index in [1.807, 2.05) is 49.4 Å². The zero-order valence-electron chi connectivity index (χ0n) is 12.7. The number of nitrogens with one attached hydrogen (secondary N) is 1. The van der Waals surface area contributed by atoms with Gasteiger partial charge in [-0.2, -0.15) is 0 Å². The summed E-state index contributed by atoms with van der Waals surface area (Å²) in [7, 11) is -3.17. The summed E-state index contributed by atoms with van der Waals surface area (Å²) < 4.78 is 22.8. The number of carbonyl (C=O) groups is 1. The number of hydrogen-bond donors (Lipinski definition) is 1. The smallest absolute Gasteiger partial charge is 0.251 e. The molecule has 1 N–H and O–H groups in total. The van der Waals surface area contributed by atoms with E-state index in [0.29, 0.717) is 5.56 Å². The zero-order valence-corrected chi connectivity index (χ0v) is 13.5. The lowest BCUT2D eigenvalue weighted by atomic mass is 9.98. The Balaban J connectivity index is 1.78. The second-order valence-corrected chi connectivity index (χ2v) is 7.56. The highest BCUT2D eigenvalue weighted by Gasteiger charge is 2.23. The second kappa shape index (κ2) is 6.01. The Morgan fingerprint density at radius 3 is 2.48 bits per heavy atom. The van der Waals surface area contributed by atoms with Crippen LogP contribution in [-0.2, 0) is 9.84 Å². The average Bonchev–Trinajstić information content (AvgIpc) is 2.86. The molecule has 0 fully saturated rings. The maximum absolute atomic E-state index is 12.3. The number of aryl methyl sites for hydroxylation is 1. The van der Waals surface area contributed by atoms with Gasteiger partial charge in [-0.25, -0.2) is 8.42 Å². The molecule has 1 amide bonds. The molecule has 118 valence electrons. The predicted molar refractivity (Wildman–Crippen MR) is 90.8 cm³/mol. The van der Waals surface area contributed by atoms with Crippen molar-refractivity contribution in [1.82, 2.24) is 5.32 Å². The number of rotatable bonds is 3. The quantitative estimate of drug-likeness (QED) is 0.943. The van der Waals surface area contributed by atoms with Gasteiger partial charge in [0.1, 0.15) is 0 Å². The zero-order chi connectivity index (χ0) is 16.4. The summed E-state index contributed by atoms with van der Waals surface area (Å²) in [5.74, 6) is -0.334. The largest absolute Gasteiger partial charge is 0.345 e. The van der Waals surface area contributed by atoms with Gasteiger partial charge in [0.05, 0.1) is 11.8 Å². The van der Waals surface area contributed by atoms with Gasteiger partial charge < -0.3 is 5.32 Å². The molecule has 0 spiro atoms. The van der Waals surface area contributed by atoms with Crippen molar-refractivity contribution in [2.75, 3.05) is 5.75 Å². The van der Waals surface area contributed by atoms with E-state index in [-0.39, 0.29) is 11.7 Å². The van der Waals surface area contributed by atoms with E-state index in [4.69, 9.17) is 0 Å². The molecule has 2 aromatic carbocycles. The standard InChI is InChI=1S/C18H17NO3S/c1-13-11-15(7-8-17(13)14-5-3-2-4-6-14)18(20)19-16-9-10-23(21,22)12-16/h2-11,16H,12H2,1H3,(H,19,20). The van der Waals surface area contributed by atoms with E-state index >= 15 is 0 Å². The van der Waals surface area contributed by atoms with Crippen molar-refractivity contribution < 1.29 is 13.2 Å². The minimum atomic E-state index is -3.17. The van der Waals surface area contributed by atoms with Gasteiger partial charge in [-0.15, -0.1) is 0 Å². The molecule has 0 aliphatic carbocycles. The number of benzene rings is 2.